The summed E-state index contributed by atoms with van der Waals surface area (Å²) in [5, 5.41) is 19.4. The van der Waals surface area contributed by atoms with E-state index in [0.29, 0.717) is 39.9 Å². The summed E-state index contributed by atoms with van der Waals surface area (Å²) < 4.78 is 46.6. The molecule has 0 atom stereocenters. The minimum atomic E-state index is -4.52. The van der Waals surface area contributed by atoms with Gasteiger partial charge < -0.3 is 14.9 Å². The number of hydrogen-bond acceptors (Lipinski definition) is 4. The number of rotatable bonds is 6. The summed E-state index contributed by atoms with van der Waals surface area (Å²) in [7, 11) is 0. The Bertz CT molecular complexity index is 1440. The molecule has 1 heterocycles. The lowest BCUT2D eigenvalue weighted by atomic mass is 9.96. The van der Waals surface area contributed by atoms with Crippen molar-refractivity contribution in [2.45, 2.75) is 19.5 Å². The summed E-state index contributed by atoms with van der Waals surface area (Å²) in [6, 6.07) is 16.1. The van der Waals surface area contributed by atoms with Gasteiger partial charge in [0.25, 0.3) is 0 Å². The summed E-state index contributed by atoms with van der Waals surface area (Å²) in [6.07, 6.45) is -1.73. The molecule has 0 saturated heterocycles. The van der Waals surface area contributed by atoms with Crippen LogP contribution < -0.4 is 4.74 Å². The lowest BCUT2D eigenvalue weighted by Crippen LogP contribution is -2.05. The molecule has 35 heavy (non-hydrogen) atoms. The average Bonchev–Trinajstić information content (AvgIpc) is 2.82. The third kappa shape index (κ3) is 5.27. The van der Waals surface area contributed by atoms with Crippen molar-refractivity contribution >= 4 is 22.9 Å². The molecule has 0 saturated carbocycles. The van der Waals surface area contributed by atoms with Crippen molar-refractivity contribution in [3.05, 3.63) is 89.6 Å². The van der Waals surface area contributed by atoms with Gasteiger partial charge in [0.1, 0.15) is 17.2 Å². The molecule has 0 bridgehead atoms. The summed E-state index contributed by atoms with van der Waals surface area (Å²) in [5.41, 5.74) is 1.39. The maximum Gasteiger partial charge on any atom is 0.416 e. The molecule has 0 aliphatic carbocycles. The number of hydrogen-bond donors (Lipinski definition) is 2. The van der Waals surface area contributed by atoms with E-state index in [1.165, 1.54) is 24.3 Å². The van der Waals surface area contributed by atoms with Gasteiger partial charge >= 0.3 is 12.1 Å². The minimum Gasteiger partial charge on any atom is -0.508 e. The van der Waals surface area contributed by atoms with Gasteiger partial charge in [-0.15, -0.1) is 0 Å². The van der Waals surface area contributed by atoms with Crippen LogP contribution >= 0.6 is 0 Å². The first-order chi connectivity index (χ1) is 16.7. The first-order valence-electron chi connectivity index (χ1n) is 10.7. The Labute approximate surface area is 198 Å². The SMILES string of the molecule is CCc1nc2cc(O)ccc2c(Oc2cccc(/C=C/C(=O)O)c2)c1-c1cccc(C(F)(F)F)c1. The number of aryl methyl sites for hydroxylation is 1. The Morgan fingerprint density at radius 3 is 2.54 bits per heavy atom. The largest absolute Gasteiger partial charge is 0.508 e. The molecule has 1 aromatic heterocycles. The topological polar surface area (TPSA) is 79.7 Å². The lowest BCUT2D eigenvalue weighted by molar-refractivity contribution is -0.137. The smallest absolute Gasteiger partial charge is 0.416 e. The lowest BCUT2D eigenvalue weighted by Gasteiger charge is -2.19. The number of phenolic OH excluding ortho intramolecular Hbond substituents is 1. The van der Waals surface area contributed by atoms with Gasteiger partial charge in [0.2, 0.25) is 0 Å². The zero-order chi connectivity index (χ0) is 25.2. The molecule has 0 amide bonds. The number of phenols is 1. The van der Waals surface area contributed by atoms with E-state index in [0.717, 1.165) is 18.2 Å². The fourth-order valence-electron chi connectivity index (χ4n) is 3.75. The van der Waals surface area contributed by atoms with Gasteiger partial charge in [-0.25, -0.2) is 4.79 Å². The van der Waals surface area contributed by atoms with E-state index >= 15 is 0 Å². The van der Waals surface area contributed by atoms with E-state index in [1.807, 2.05) is 6.92 Å². The maximum atomic E-state index is 13.5. The van der Waals surface area contributed by atoms with Crippen molar-refractivity contribution in [2.24, 2.45) is 0 Å². The highest BCUT2D eigenvalue weighted by molar-refractivity contribution is 5.94. The molecule has 0 radical (unpaired) electrons. The standard InChI is InChI=1S/C27H20F3NO4/c1-2-22-25(17-6-4-7-18(14-17)27(28,29)30)26(21-11-10-19(32)15-23(21)31-22)35-20-8-3-5-16(13-20)9-12-24(33)34/h3-15,32H,2H2,1H3,(H,33,34)/b12-9+. The van der Waals surface area contributed by atoms with Crippen molar-refractivity contribution in [1.29, 1.82) is 0 Å². The number of carboxylic acids is 1. The Kier molecular flexibility index (Phi) is 6.46. The molecule has 0 unspecified atom stereocenters. The van der Waals surface area contributed by atoms with E-state index < -0.39 is 17.7 Å². The van der Waals surface area contributed by atoms with E-state index in [4.69, 9.17) is 9.84 Å². The van der Waals surface area contributed by atoms with Gasteiger partial charge in [-0.1, -0.05) is 31.2 Å². The molecule has 178 valence electrons. The van der Waals surface area contributed by atoms with E-state index in [9.17, 15) is 23.1 Å². The number of aliphatic carboxylic acids is 1. The van der Waals surface area contributed by atoms with Gasteiger partial charge in [-0.05, 0) is 60.0 Å². The number of pyridine rings is 1. The predicted octanol–water partition coefficient (Wildman–Crippen LogP) is 7.08. The van der Waals surface area contributed by atoms with E-state index in [-0.39, 0.29) is 17.1 Å². The van der Waals surface area contributed by atoms with Crippen molar-refractivity contribution < 1.29 is 32.9 Å². The predicted molar refractivity (Wildman–Crippen MR) is 126 cm³/mol. The van der Waals surface area contributed by atoms with Crippen LogP contribution in [0.5, 0.6) is 17.2 Å². The highest BCUT2D eigenvalue weighted by atomic mass is 19.4. The Morgan fingerprint density at radius 2 is 1.83 bits per heavy atom. The molecule has 8 heteroatoms. The number of alkyl halides is 3. The molecule has 5 nitrogen and oxygen atoms in total. The number of fused-ring (bicyclic) bond motifs is 1. The van der Waals surface area contributed by atoms with Crippen LogP contribution in [0.3, 0.4) is 0 Å². The molecule has 0 spiro atoms. The fourth-order valence-corrected chi connectivity index (χ4v) is 3.75. The maximum absolute atomic E-state index is 13.5. The first-order valence-corrected chi connectivity index (χ1v) is 10.7. The molecular weight excluding hydrogens is 459 g/mol. The van der Waals surface area contributed by atoms with Gasteiger partial charge in [0, 0.05) is 23.1 Å². The fraction of sp³-hybridized carbons (Fsp3) is 0.111. The number of aromatic nitrogens is 1. The molecule has 0 aliphatic rings. The van der Waals surface area contributed by atoms with Crippen molar-refractivity contribution in [3.8, 4) is 28.4 Å². The summed E-state index contributed by atoms with van der Waals surface area (Å²) >= 11 is 0. The number of ether oxygens (including phenoxy) is 1. The van der Waals surface area contributed by atoms with Crippen LogP contribution in [0.1, 0.15) is 23.7 Å². The summed E-state index contributed by atoms with van der Waals surface area (Å²) in [5.74, 6) is -0.472. The van der Waals surface area contributed by atoms with Crippen LogP contribution in [-0.4, -0.2) is 21.2 Å². The number of nitrogens with zero attached hydrogens (tertiary/aromatic N) is 1. The van der Waals surface area contributed by atoms with Crippen LogP contribution in [0, 0.1) is 0 Å². The zero-order valence-corrected chi connectivity index (χ0v) is 18.5. The Hall–Kier alpha value is -4.33. The quantitative estimate of drug-likeness (QED) is 0.289. The molecule has 0 aliphatic heterocycles. The molecule has 4 aromatic rings. The van der Waals surface area contributed by atoms with Crippen LogP contribution in [0.4, 0.5) is 13.2 Å². The van der Waals surface area contributed by atoms with Gasteiger partial charge in [-0.2, -0.15) is 13.2 Å². The second-order valence-electron chi connectivity index (χ2n) is 7.74. The monoisotopic (exact) mass is 479 g/mol. The second-order valence-corrected chi connectivity index (χ2v) is 7.74. The van der Waals surface area contributed by atoms with Crippen LogP contribution in [0.2, 0.25) is 0 Å². The van der Waals surface area contributed by atoms with Crippen LogP contribution in [0.15, 0.2) is 72.8 Å². The van der Waals surface area contributed by atoms with Crippen molar-refractivity contribution in [1.82, 2.24) is 4.98 Å². The average molecular weight is 479 g/mol. The van der Waals surface area contributed by atoms with Crippen LogP contribution in [-0.2, 0) is 17.4 Å². The van der Waals surface area contributed by atoms with Crippen LogP contribution in [0.25, 0.3) is 28.1 Å². The Balaban J connectivity index is 1.95. The number of carboxylic acid groups (broad SMARTS) is 1. The minimum absolute atomic E-state index is 0.00868. The van der Waals surface area contributed by atoms with E-state index in [2.05, 4.69) is 4.98 Å². The highest BCUT2D eigenvalue weighted by Crippen LogP contribution is 2.43. The first kappa shape index (κ1) is 23.8. The van der Waals surface area contributed by atoms with Gasteiger partial charge in [-0.3, -0.25) is 4.98 Å². The highest BCUT2D eigenvalue weighted by Gasteiger charge is 2.31. The second kappa shape index (κ2) is 9.50. The molecule has 4 rings (SSSR count). The molecule has 3 aromatic carbocycles. The molecule has 0 fully saturated rings. The van der Waals surface area contributed by atoms with Crippen molar-refractivity contribution in [3.63, 3.8) is 0 Å². The third-order valence-electron chi connectivity index (χ3n) is 5.31. The van der Waals surface area contributed by atoms with E-state index in [1.54, 1.807) is 36.4 Å². The normalized spacial score (nSPS) is 11.8. The molecular formula is C27H20F3NO4. The number of benzene rings is 3. The van der Waals surface area contributed by atoms with Crippen molar-refractivity contribution in [2.75, 3.05) is 0 Å². The summed E-state index contributed by atoms with van der Waals surface area (Å²) in [4.78, 5) is 15.5. The van der Waals surface area contributed by atoms with Gasteiger partial charge in [0.05, 0.1) is 16.8 Å². The Morgan fingerprint density at radius 1 is 1.06 bits per heavy atom. The summed E-state index contributed by atoms with van der Waals surface area (Å²) in [6.45, 7) is 1.83. The number of halogens is 3. The van der Waals surface area contributed by atoms with Gasteiger partial charge in [0.15, 0.2) is 0 Å². The number of aromatic hydroxyl groups is 1. The molecule has 2 N–H and O–H groups in total. The zero-order valence-electron chi connectivity index (χ0n) is 18.5. The third-order valence-corrected chi connectivity index (χ3v) is 5.31. The number of carbonyl (C=O) groups is 1.